The fraction of sp³-hybridized carbons (Fsp3) is 0. The summed E-state index contributed by atoms with van der Waals surface area (Å²) >= 11 is 15.1. The van der Waals surface area contributed by atoms with Crippen LogP contribution in [-0.4, -0.2) is 6.29 Å². The maximum Gasteiger partial charge on any atom is 0.150 e. The smallest absolute Gasteiger partial charge is 0.150 e. The summed E-state index contributed by atoms with van der Waals surface area (Å²) in [7, 11) is 0. The predicted molar refractivity (Wildman–Crippen MR) is 76.1 cm³/mol. The van der Waals surface area contributed by atoms with Crippen molar-refractivity contribution in [1.29, 1.82) is 0 Å². The highest BCUT2D eigenvalue weighted by molar-refractivity contribution is 9.10. The van der Waals surface area contributed by atoms with Crippen LogP contribution in [0.25, 0.3) is 0 Å². The number of carbonyl (C=O) groups excluding carboxylic acids is 1. The minimum atomic E-state index is 0.426. The highest BCUT2D eigenvalue weighted by atomic mass is 79.9. The summed E-state index contributed by atoms with van der Waals surface area (Å²) in [4.78, 5) is 10.6. The molecule has 0 aliphatic carbocycles. The zero-order valence-corrected chi connectivity index (χ0v) is 12.1. The van der Waals surface area contributed by atoms with Crippen molar-refractivity contribution in [3.63, 3.8) is 0 Å². The van der Waals surface area contributed by atoms with Gasteiger partial charge in [0.25, 0.3) is 0 Å². The van der Waals surface area contributed by atoms with E-state index in [-0.39, 0.29) is 0 Å². The zero-order valence-electron chi connectivity index (χ0n) is 8.99. The molecule has 0 saturated heterocycles. The maximum absolute atomic E-state index is 10.6. The van der Waals surface area contributed by atoms with Crippen molar-refractivity contribution >= 4 is 45.4 Å². The number of hydrogen-bond acceptors (Lipinski definition) is 2. The van der Waals surface area contributed by atoms with Crippen molar-refractivity contribution in [2.45, 2.75) is 0 Å². The SMILES string of the molecule is O=Cc1ccc(Oc2ccc(Cl)c(Cl)c2)c(Br)c1. The number of halogens is 3. The molecule has 5 heteroatoms. The molecule has 0 atom stereocenters. The minimum absolute atomic E-state index is 0.426. The van der Waals surface area contributed by atoms with Gasteiger partial charge in [0.15, 0.2) is 0 Å². The summed E-state index contributed by atoms with van der Waals surface area (Å²) < 4.78 is 6.33. The van der Waals surface area contributed by atoms with Crippen LogP contribution in [0.3, 0.4) is 0 Å². The van der Waals surface area contributed by atoms with E-state index in [2.05, 4.69) is 15.9 Å². The number of carbonyl (C=O) groups is 1. The first kappa shape index (κ1) is 13.4. The largest absolute Gasteiger partial charge is 0.456 e. The molecule has 2 nitrogen and oxygen atoms in total. The van der Waals surface area contributed by atoms with Crippen molar-refractivity contribution in [3.8, 4) is 11.5 Å². The van der Waals surface area contributed by atoms with E-state index in [1.807, 2.05) is 0 Å². The first-order chi connectivity index (χ1) is 8.60. The molecule has 2 aromatic carbocycles. The Morgan fingerprint density at radius 1 is 1.06 bits per heavy atom. The van der Waals surface area contributed by atoms with E-state index in [0.717, 1.165) is 6.29 Å². The van der Waals surface area contributed by atoms with Gasteiger partial charge < -0.3 is 4.74 Å². The van der Waals surface area contributed by atoms with Crippen LogP contribution in [0.5, 0.6) is 11.5 Å². The van der Waals surface area contributed by atoms with Crippen LogP contribution in [0.1, 0.15) is 10.4 Å². The second-order valence-electron chi connectivity index (χ2n) is 3.49. The molecule has 0 fully saturated rings. The molecule has 0 saturated carbocycles. The third-order valence-corrected chi connectivity index (χ3v) is 3.57. The number of rotatable bonds is 3. The molecule has 92 valence electrons. The van der Waals surface area contributed by atoms with E-state index in [1.54, 1.807) is 36.4 Å². The van der Waals surface area contributed by atoms with Crippen LogP contribution in [-0.2, 0) is 0 Å². The Kier molecular flexibility index (Phi) is 4.27. The minimum Gasteiger partial charge on any atom is -0.456 e. The predicted octanol–water partition coefficient (Wildman–Crippen LogP) is 5.36. The Morgan fingerprint density at radius 3 is 2.44 bits per heavy atom. The average molecular weight is 346 g/mol. The molecule has 0 N–H and O–H groups in total. The lowest BCUT2D eigenvalue weighted by Crippen LogP contribution is -1.87. The average Bonchev–Trinajstić information content (AvgIpc) is 2.36. The van der Waals surface area contributed by atoms with Crippen LogP contribution in [0.15, 0.2) is 40.9 Å². The Hall–Kier alpha value is -1.03. The quantitative estimate of drug-likeness (QED) is 0.700. The number of ether oxygens (including phenoxy) is 1. The third-order valence-electron chi connectivity index (χ3n) is 2.21. The molecule has 0 bridgehead atoms. The fourth-order valence-electron chi connectivity index (χ4n) is 1.34. The molecule has 0 aliphatic rings. The van der Waals surface area contributed by atoms with Crippen LogP contribution < -0.4 is 4.74 Å². The summed E-state index contributed by atoms with van der Waals surface area (Å²) in [6.45, 7) is 0. The van der Waals surface area contributed by atoms with Gasteiger partial charge in [0.2, 0.25) is 0 Å². The van der Waals surface area contributed by atoms with Gasteiger partial charge in [-0.1, -0.05) is 23.2 Å². The van der Waals surface area contributed by atoms with Crippen LogP contribution >= 0.6 is 39.1 Å². The van der Waals surface area contributed by atoms with Gasteiger partial charge in [-0.15, -0.1) is 0 Å². The summed E-state index contributed by atoms with van der Waals surface area (Å²) in [5, 5.41) is 0.897. The fourth-order valence-corrected chi connectivity index (χ4v) is 2.11. The molecule has 0 aromatic heterocycles. The second kappa shape index (κ2) is 5.74. The van der Waals surface area contributed by atoms with Gasteiger partial charge in [-0.05, 0) is 46.3 Å². The molecule has 0 radical (unpaired) electrons. The van der Waals surface area contributed by atoms with Crippen molar-refractivity contribution in [2.75, 3.05) is 0 Å². The molecule has 0 aliphatic heterocycles. The molecule has 0 unspecified atom stereocenters. The summed E-state index contributed by atoms with van der Waals surface area (Å²) in [6.07, 6.45) is 0.772. The molecule has 0 spiro atoms. The standard InChI is InChI=1S/C13H7BrCl2O2/c14-10-5-8(7-17)1-4-13(10)18-9-2-3-11(15)12(16)6-9/h1-7H. The van der Waals surface area contributed by atoms with Crippen LogP contribution in [0, 0.1) is 0 Å². The van der Waals surface area contributed by atoms with Crippen molar-refractivity contribution in [1.82, 2.24) is 0 Å². The number of aldehydes is 1. The summed E-state index contributed by atoms with van der Waals surface area (Å²) in [6, 6.07) is 10.1. The molecule has 2 aromatic rings. The molecule has 18 heavy (non-hydrogen) atoms. The van der Waals surface area contributed by atoms with Gasteiger partial charge in [0.1, 0.15) is 17.8 Å². The van der Waals surface area contributed by atoms with Gasteiger partial charge in [0.05, 0.1) is 14.5 Å². The van der Waals surface area contributed by atoms with Crippen molar-refractivity contribution in [3.05, 3.63) is 56.5 Å². The normalized spacial score (nSPS) is 10.2. The molecule has 2 rings (SSSR count). The molecular formula is C13H7BrCl2O2. The van der Waals surface area contributed by atoms with Gasteiger partial charge in [-0.2, -0.15) is 0 Å². The Labute approximate surface area is 123 Å². The van der Waals surface area contributed by atoms with Crippen molar-refractivity contribution < 1.29 is 9.53 Å². The summed E-state index contributed by atoms with van der Waals surface area (Å²) in [5.74, 6) is 1.17. The van der Waals surface area contributed by atoms with Gasteiger partial charge in [-0.25, -0.2) is 0 Å². The maximum atomic E-state index is 10.6. The summed E-state index contributed by atoms with van der Waals surface area (Å²) in [5.41, 5.74) is 0.573. The first-order valence-electron chi connectivity index (χ1n) is 4.98. The van der Waals surface area contributed by atoms with Crippen LogP contribution in [0.2, 0.25) is 10.0 Å². The Balaban J connectivity index is 2.28. The van der Waals surface area contributed by atoms with E-state index in [0.29, 0.717) is 31.6 Å². The Bertz CT molecular complexity index is 600. The van der Waals surface area contributed by atoms with Gasteiger partial charge in [0, 0.05) is 11.6 Å². The van der Waals surface area contributed by atoms with E-state index >= 15 is 0 Å². The highest BCUT2D eigenvalue weighted by Gasteiger charge is 2.06. The Morgan fingerprint density at radius 2 is 1.83 bits per heavy atom. The lowest BCUT2D eigenvalue weighted by Gasteiger charge is -2.08. The number of benzene rings is 2. The van der Waals surface area contributed by atoms with E-state index in [1.165, 1.54) is 0 Å². The molecule has 0 amide bonds. The van der Waals surface area contributed by atoms with Crippen molar-refractivity contribution in [2.24, 2.45) is 0 Å². The number of hydrogen-bond donors (Lipinski definition) is 0. The second-order valence-corrected chi connectivity index (χ2v) is 5.15. The highest BCUT2D eigenvalue weighted by Crippen LogP contribution is 2.33. The van der Waals surface area contributed by atoms with Crippen LogP contribution in [0.4, 0.5) is 0 Å². The monoisotopic (exact) mass is 344 g/mol. The van der Waals surface area contributed by atoms with E-state index < -0.39 is 0 Å². The molecule has 0 heterocycles. The topological polar surface area (TPSA) is 26.3 Å². The molecular weight excluding hydrogens is 339 g/mol. The van der Waals surface area contributed by atoms with Gasteiger partial charge >= 0.3 is 0 Å². The zero-order chi connectivity index (χ0) is 13.1. The first-order valence-corrected chi connectivity index (χ1v) is 6.52. The van der Waals surface area contributed by atoms with Gasteiger partial charge in [-0.3, -0.25) is 4.79 Å². The van der Waals surface area contributed by atoms with E-state index in [4.69, 9.17) is 27.9 Å². The third kappa shape index (κ3) is 3.05. The lowest BCUT2D eigenvalue weighted by molar-refractivity contribution is 0.112. The lowest BCUT2D eigenvalue weighted by atomic mass is 10.2. The van der Waals surface area contributed by atoms with E-state index in [9.17, 15) is 4.79 Å².